The van der Waals surface area contributed by atoms with Crippen LogP contribution in [0.3, 0.4) is 0 Å². The van der Waals surface area contributed by atoms with E-state index in [4.69, 9.17) is 23.2 Å². The molecular weight excluding hydrogens is 591 g/mol. The summed E-state index contributed by atoms with van der Waals surface area (Å²) in [6.07, 6.45) is 1.23. The van der Waals surface area contributed by atoms with Crippen LogP contribution in [0.1, 0.15) is 37.0 Å². The van der Waals surface area contributed by atoms with Crippen LogP contribution in [-0.2, 0) is 28.3 Å². The molecule has 4 nitrogen and oxygen atoms in total. The van der Waals surface area contributed by atoms with Gasteiger partial charge < -0.3 is 10.2 Å². The van der Waals surface area contributed by atoms with E-state index in [2.05, 4.69) is 21.2 Å². The molecule has 0 bridgehead atoms. The molecule has 0 saturated heterocycles. The molecule has 196 valence electrons. The third kappa shape index (κ3) is 9.36. The first-order valence-electron chi connectivity index (χ1n) is 12.2. The number of hydrogen-bond donors (Lipinski definition) is 1. The largest absolute Gasteiger partial charge is 0.352 e. The number of thioether (sulfide) groups is 1. The van der Waals surface area contributed by atoms with Crippen LogP contribution in [0.25, 0.3) is 0 Å². The molecule has 8 heteroatoms. The zero-order chi connectivity index (χ0) is 26.8. The first-order valence-corrected chi connectivity index (χ1v) is 14.9. The van der Waals surface area contributed by atoms with Crippen LogP contribution in [0.5, 0.6) is 0 Å². The van der Waals surface area contributed by atoms with E-state index in [1.54, 1.807) is 17.0 Å². The summed E-state index contributed by atoms with van der Waals surface area (Å²) >= 11 is 17.3. The normalized spacial score (nSPS) is 12.6. The van der Waals surface area contributed by atoms with Crippen LogP contribution >= 0.6 is 50.9 Å². The summed E-state index contributed by atoms with van der Waals surface area (Å²) in [5.41, 5.74) is 2.86. The van der Waals surface area contributed by atoms with E-state index in [9.17, 15) is 9.59 Å². The first-order chi connectivity index (χ1) is 17.8. The van der Waals surface area contributed by atoms with E-state index in [-0.39, 0.29) is 23.6 Å². The first kappa shape index (κ1) is 29.6. The number of hydrogen-bond acceptors (Lipinski definition) is 3. The average molecular weight is 622 g/mol. The highest BCUT2D eigenvalue weighted by atomic mass is 79.9. The molecule has 0 fully saturated rings. The minimum absolute atomic E-state index is 0.00927. The number of nitrogens with zero attached hydrogens (tertiary/aromatic N) is 1. The highest BCUT2D eigenvalue weighted by molar-refractivity contribution is 9.10. The summed E-state index contributed by atoms with van der Waals surface area (Å²) in [5.74, 6) is 0.534. The Morgan fingerprint density at radius 1 is 1.00 bits per heavy atom. The maximum absolute atomic E-state index is 13.7. The fourth-order valence-corrected chi connectivity index (χ4v) is 5.71. The molecule has 0 unspecified atom stereocenters. The zero-order valence-electron chi connectivity index (χ0n) is 20.9. The number of amides is 2. The number of halogens is 3. The fraction of sp³-hybridized carbons (Fsp3) is 0.310. The Morgan fingerprint density at radius 2 is 1.73 bits per heavy atom. The van der Waals surface area contributed by atoms with Crippen molar-refractivity contribution in [1.82, 2.24) is 10.2 Å². The van der Waals surface area contributed by atoms with E-state index < -0.39 is 6.04 Å². The molecule has 0 aliphatic rings. The second kappa shape index (κ2) is 14.8. The molecule has 37 heavy (non-hydrogen) atoms. The van der Waals surface area contributed by atoms with Crippen LogP contribution in [0.4, 0.5) is 0 Å². The summed E-state index contributed by atoms with van der Waals surface area (Å²) in [7, 11) is 0. The maximum Gasteiger partial charge on any atom is 0.243 e. The Balaban J connectivity index is 1.86. The van der Waals surface area contributed by atoms with Crippen LogP contribution in [0, 0.1) is 0 Å². The Kier molecular flexibility index (Phi) is 11.8. The van der Waals surface area contributed by atoms with Gasteiger partial charge >= 0.3 is 0 Å². The molecule has 0 saturated carbocycles. The predicted molar refractivity (Wildman–Crippen MR) is 159 cm³/mol. The van der Waals surface area contributed by atoms with E-state index in [1.807, 2.05) is 74.5 Å². The standard InChI is InChI=1S/C29H31BrCl2N2O2S/c1-3-20(2)33-29(36)27(15-21-8-5-4-6-9-21)34(17-22-10-7-11-24(30)14-22)28(35)19-37-18-23-12-13-25(31)16-26(23)32/h4-14,16,20,27H,3,15,17-19H2,1-2H3,(H,33,36)/t20-,27+/m0/s1. The Labute approximate surface area is 242 Å². The molecule has 2 atom stereocenters. The van der Waals surface area contributed by atoms with Crippen molar-refractivity contribution in [2.75, 3.05) is 5.75 Å². The van der Waals surface area contributed by atoms with Gasteiger partial charge in [-0.05, 0) is 54.3 Å². The summed E-state index contributed by atoms with van der Waals surface area (Å²) in [5, 5.41) is 4.25. The van der Waals surface area contributed by atoms with Gasteiger partial charge in [0.05, 0.1) is 5.75 Å². The van der Waals surface area contributed by atoms with Gasteiger partial charge in [0, 0.05) is 39.3 Å². The van der Waals surface area contributed by atoms with Gasteiger partial charge in [-0.25, -0.2) is 0 Å². The van der Waals surface area contributed by atoms with E-state index in [0.717, 1.165) is 27.6 Å². The summed E-state index contributed by atoms with van der Waals surface area (Å²) in [6.45, 7) is 4.33. The Morgan fingerprint density at radius 3 is 2.41 bits per heavy atom. The lowest BCUT2D eigenvalue weighted by molar-refractivity contribution is -0.139. The van der Waals surface area contributed by atoms with Crippen LogP contribution < -0.4 is 5.32 Å². The van der Waals surface area contributed by atoms with Crippen molar-refractivity contribution in [2.45, 2.75) is 51.1 Å². The number of nitrogens with one attached hydrogen (secondary N) is 1. The van der Waals surface area contributed by atoms with E-state index in [0.29, 0.717) is 28.8 Å². The van der Waals surface area contributed by atoms with E-state index in [1.165, 1.54) is 11.8 Å². The smallest absolute Gasteiger partial charge is 0.243 e. The molecule has 0 spiro atoms. The number of carbonyl (C=O) groups is 2. The third-order valence-electron chi connectivity index (χ3n) is 6.01. The maximum atomic E-state index is 13.7. The molecule has 0 heterocycles. The molecule has 0 aromatic heterocycles. The van der Waals surface area contributed by atoms with Gasteiger partial charge in [0.25, 0.3) is 0 Å². The molecule has 3 aromatic rings. The van der Waals surface area contributed by atoms with Crippen molar-refractivity contribution in [2.24, 2.45) is 0 Å². The van der Waals surface area contributed by atoms with Crippen molar-refractivity contribution < 1.29 is 9.59 Å². The highest BCUT2D eigenvalue weighted by Gasteiger charge is 2.31. The second-order valence-corrected chi connectivity index (χ2v) is 11.6. The lowest BCUT2D eigenvalue weighted by Crippen LogP contribution is -2.52. The Bertz CT molecular complexity index is 1200. The van der Waals surface area contributed by atoms with Gasteiger partial charge in [-0.3, -0.25) is 9.59 Å². The number of benzene rings is 3. The average Bonchev–Trinajstić information content (AvgIpc) is 2.87. The van der Waals surface area contributed by atoms with Crippen molar-refractivity contribution >= 4 is 62.7 Å². The molecular formula is C29H31BrCl2N2O2S. The summed E-state index contributed by atoms with van der Waals surface area (Å²) in [4.78, 5) is 29.0. The lowest BCUT2D eigenvalue weighted by atomic mass is 10.0. The summed E-state index contributed by atoms with van der Waals surface area (Å²) in [6, 6.07) is 22.4. The topological polar surface area (TPSA) is 49.4 Å². The molecule has 0 radical (unpaired) electrons. The molecule has 0 aliphatic heterocycles. The third-order valence-corrected chi connectivity index (χ3v) is 8.06. The van der Waals surface area contributed by atoms with Gasteiger partial charge in [0.2, 0.25) is 11.8 Å². The minimum Gasteiger partial charge on any atom is -0.352 e. The molecule has 0 aliphatic carbocycles. The molecule has 3 aromatic carbocycles. The lowest BCUT2D eigenvalue weighted by Gasteiger charge is -2.32. The second-order valence-electron chi connectivity index (χ2n) is 8.90. The molecule has 3 rings (SSSR count). The van der Waals surface area contributed by atoms with Crippen molar-refractivity contribution in [3.05, 3.63) is 104 Å². The monoisotopic (exact) mass is 620 g/mol. The van der Waals surface area contributed by atoms with Gasteiger partial charge in [-0.2, -0.15) is 0 Å². The quantitative estimate of drug-likeness (QED) is 0.227. The van der Waals surface area contributed by atoms with Crippen LogP contribution in [0.15, 0.2) is 77.3 Å². The Hall–Kier alpha value is -1.99. The SMILES string of the molecule is CC[C@H](C)NC(=O)[C@@H](Cc1ccccc1)N(Cc1cccc(Br)c1)C(=O)CSCc1ccc(Cl)cc1Cl. The zero-order valence-corrected chi connectivity index (χ0v) is 24.8. The fourth-order valence-electron chi connectivity index (χ4n) is 3.80. The number of rotatable bonds is 12. The van der Waals surface area contributed by atoms with Crippen LogP contribution in [0.2, 0.25) is 10.0 Å². The minimum atomic E-state index is -0.650. The van der Waals surface area contributed by atoms with Gasteiger partial charge in [-0.15, -0.1) is 11.8 Å². The molecule has 1 N–H and O–H groups in total. The van der Waals surface area contributed by atoms with Crippen molar-refractivity contribution in [1.29, 1.82) is 0 Å². The van der Waals surface area contributed by atoms with Crippen molar-refractivity contribution in [3.63, 3.8) is 0 Å². The van der Waals surface area contributed by atoms with E-state index >= 15 is 0 Å². The van der Waals surface area contributed by atoms with Gasteiger partial charge in [-0.1, -0.05) is 94.6 Å². The van der Waals surface area contributed by atoms with Gasteiger partial charge in [0.1, 0.15) is 6.04 Å². The molecule has 2 amide bonds. The highest BCUT2D eigenvalue weighted by Crippen LogP contribution is 2.26. The number of carbonyl (C=O) groups excluding carboxylic acids is 2. The van der Waals surface area contributed by atoms with Crippen LogP contribution in [-0.4, -0.2) is 34.6 Å². The summed E-state index contributed by atoms with van der Waals surface area (Å²) < 4.78 is 0.924. The predicted octanol–water partition coefficient (Wildman–Crippen LogP) is 7.54. The van der Waals surface area contributed by atoms with Gasteiger partial charge in [0.15, 0.2) is 0 Å². The van der Waals surface area contributed by atoms with Crippen molar-refractivity contribution in [3.8, 4) is 0 Å².